The van der Waals surface area contributed by atoms with Crippen LogP contribution in [0.2, 0.25) is 0 Å². The fourth-order valence-electron chi connectivity index (χ4n) is 5.85. The van der Waals surface area contributed by atoms with Crippen LogP contribution in [0.25, 0.3) is 0 Å². The van der Waals surface area contributed by atoms with E-state index in [1.165, 1.54) is 42.4 Å². The fourth-order valence-corrected chi connectivity index (χ4v) is 5.85. The zero-order valence-corrected chi connectivity index (χ0v) is 16.7. The summed E-state index contributed by atoms with van der Waals surface area (Å²) in [4.78, 5) is 14.8. The third kappa shape index (κ3) is 2.98. The third-order valence-corrected chi connectivity index (χ3v) is 7.54. The van der Waals surface area contributed by atoms with Crippen LogP contribution in [0.4, 0.5) is 0 Å². The molecule has 0 aromatic heterocycles. The van der Waals surface area contributed by atoms with Gasteiger partial charge in [0.25, 0.3) is 0 Å². The molecule has 3 fully saturated rings. The minimum atomic E-state index is -0.615. The highest BCUT2D eigenvalue weighted by atomic mass is 16.3. The van der Waals surface area contributed by atoms with Crippen LogP contribution in [-0.4, -0.2) is 34.1 Å². The first kappa shape index (κ1) is 18.0. The number of hydrogen-bond acceptors (Lipinski definition) is 2. The second-order valence-electron chi connectivity index (χ2n) is 9.80. The number of carbonyl (C=O) groups is 1. The highest BCUT2D eigenvalue weighted by molar-refractivity contribution is 5.81. The van der Waals surface area contributed by atoms with Crippen LogP contribution in [0.1, 0.15) is 75.0 Å². The Morgan fingerprint density at radius 1 is 1.12 bits per heavy atom. The quantitative estimate of drug-likeness (QED) is 0.857. The van der Waals surface area contributed by atoms with Gasteiger partial charge in [0.05, 0.1) is 5.60 Å². The van der Waals surface area contributed by atoms with Gasteiger partial charge >= 0.3 is 0 Å². The van der Waals surface area contributed by atoms with Crippen LogP contribution in [0, 0.1) is 25.2 Å². The summed E-state index contributed by atoms with van der Waals surface area (Å²) < 4.78 is 0. The molecule has 1 atom stereocenters. The summed E-state index contributed by atoms with van der Waals surface area (Å²) in [5.41, 5.74) is 3.97. The second-order valence-corrected chi connectivity index (χ2v) is 9.80. The molecule has 4 rings (SSSR count). The van der Waals surface area contributed by atoms with Crippen molar-refractivity contribution in [3.63, 3.8) is 0 Å². The van der Waals surface area contributed by atoms with E-state index in [1.807, 2.05) is 6.92 Å². The van der Waals surface area contributed by atoms with E-state index in [4.69, 9.17) is 0 Å². The minimum absolute atomic E-state index is 0.0522. The molecule has 1 saturated heterocycles. The first-order valence-electron chi connectivity index (χ1n) is 10.3. The molecular weight excluding hydrogens is 322 g/mol. The van der Waals surface area contributed by atoms with E-state index in [9.17, 15) is 9.90 Å². The first-order valence-corrected chi connectivity index (χ1v) is 10.3. The molecule has 2 aliphatic carbocycles. The molecule has 1 spiro atoms. The lowest BCUT2D eigenvalue weighted by atomic mass is 9.59. The Morgan fingerprint density at radius 2 is 1.69 bits per heavy atom. The lowest BCUT2D eigenvalue weighted by Crippen LogP contribution is -2.68. The van der Waals surface area contributed by atoms with Crippen LogP contribution in [0.3, 0.4) is 0 Å². The van der Waals surface area contributed by atoms with Gasteiger partial charge in [0, 0.05) is 23.9 Å². The van der Waals surface area contributed by atoms with Gasteiger partial charge in [-0.05, 0) is 77.7 Å². The molecule has 1 heterocycles. The number of rotatable bonds is 2. The molecular formula is C23H33NO2. The van der Waals surface area contributed by atoms with Crippen molar-refractivity contribution < 1.29 is 9.90 Å². The maximum Gasteiger partial charge on any atom is 0.226 e. The number of amides is 1. The average Bonchev–Trinajstić information content (AvgIpc) is 2.56. The van der Waals surface area contributed by atoms with Crippen LogP contribution in [-0.2, 0) is 4.79 Å². The van der Waals surface area contributed by atoms with Crippen LogP contribution in [0.5, 0.6) is 0 Å². The van der Waals surface area contributed by atoms with Crippen molar-refractivity contribution >= 4 is 5.91 Å². The van der Waals surface area contributed by atoms with E-state index < -0.39 is 5.60 Å². The van der Waals surface area contributed by atoms with Gasteiger partial charge in [-0.2, -0.15) is 0 Å². The molecule has 3 nitrogen and oxygen atoms in total. The van der Waals surface area contributed by atoms with Crippen molar-refractivity contribution in [3.05, 3.63) is 34.9 Å². The number of hydrogen-bond donors (Lipinski definition) is 1. The molecule has 1 N–H and O–H groups in total. The first-order chi connectivity index (χ1) is 12.2. The average molecular weight is 356 g/mol. The molecule has 3 aliphatic rings. The van der Waals surface area contributed by atoms with Gasteiger partial charge in [0.15, 0.2) is 0 Å². The highest BCUT2D eigenvalue weighted by Gasteiger charge is 2.55. The SMILES string of the molecule is Cc1cc(C)cc([C@H]2CC[C@]3(CC2)CN(C(=O)[C@H]2C[C@@](C)(O)C2)[C@H]3C)c1. The predicted molar refractivity (Wildman–Crippen MR) is 104 cm³/mol. The number of nitrogens with zero attached hydrogens (tertiary/aromatic N) is 1. The molecule has 0 radical (unpaired) electrons. The Balaban J connectivity index is 1.36. The number of benzene rings is 1. The van der Waals surface area contributed by atoms with Crippen molar-refractivity contribution in [1.29, 1.82) is 0 Å². The van der Waals surface area contributed by atoms with Crippen LogP contribution in [0.15, 0.2) is 18.2 Å². The molecule has 2 saturated carbocycles. The summed E-state index contributed by atoms with van der Waals surface area (Å²) in [5.74, 6) is 1.01. The van der Waals surface area contributed by atoms with E-state index >= 15 is 0 Å². The lowest BCUT2D eigenvalue weighted by Gasteiger charge is -2.60. The third-order valence-electron chi connectivity index (χ3n) is 7.54. The van der Waals surface area contributed by atoms with Gasteiger partial charge in [0.2, 0.25) is 5.91 Å². The van der Waals surface area contributed by atoms with E-state index in [2.05, 4.69) is 43.9 Å². The molecule has 26 heavy (non-hydrogen) atoms. The normalized spacial score (nSPS) is 39.4. The van der Waals surface area contributed by atoms with Crippen molar-refractivity contribution in [2.45, 2.75) is 83.8 Å². The van der Waals surface area contributed by atoms with Crippen LogP contribution >= 0.6 is 0 Å². The van der Waals surface area contributed by atoms with Gasteiger partial charge in [-0.25, -0.2) is 0 Å². The molecule has 3 heteroatoms. The lowest BCUT2D eigenvalue weighted by molar-refractivity contribution is -0.174. The van der Waals surface area contributed by atoms with E-state index in [0.717, 1.165) is 6.54 Å². The molecule has 0 unspecified atom stereocenters. The maximum absolute atomic E-state index is 12.7. The zero-order chi connectivity index (χ0) is 18.7. The Kier molecular flexibility index (Phi) is 4.22. The summed E-state index contributed by atoms with van der Waals surface area (Å²) in [7, 11) is 0. The predicted octanol–water partition coefficient (Wildman–Crippen LogP) is 4.34. The monoisotopic (exact) mass is 355 g/mol. The summed E-state index contributed by atoms with van der Waals surface area (Å²) in [6.07, 6.45) is 6.23. The highest BCUT2D eigenvalue weighted by Crippen LogP contribution is 2.53. The minimum Gasteiger partial charge on any atom is -0.390 e. The van der Waals surface area contributed by atoms with Gasteiger partial charge in [0.1, 0.15) is 0 Å². The van der Waals surface area contributed by atoms with Gasteiger partial charge in [-0.15, -0.1) is 0 Å². The van der Waals surface area contributed by atoms with Crippen LogP contribution < -0.4 is 0 Å². The summed E-state index contributed by atoms with van der Waals surface area (Å²) in [6.45, 7) is 9.40. The van der Waals surface area contributed by atoms with Crippen molar-refractivity contribution in [3.8, 4) is 0 Å². The summed E-state index contributed by atoms with van der Waals surface area (Å²) in [6, 6.07) is 7.33. The molecule has 142 valence electrons. The largest absolute Gasteiger partial charge is 0.390 e. The number of carbonyl (C=O) groups excluding carboxylic acids is 1. The van der Waals surface area contributed by atoms with E-state index in [0.29, 0.717) is 30.2 Å². The number of aryl methyl sites for hydroxylation is 2. The maximum atomic E-state index is 12.7. The molecule has 1 aromatic carbocycles. The van der Waals surface area contributed by atoms with Crippen molar-refractivity contribution in [2.24, 2.45) is 11.3 Å². The topological polar surface area (TPSA) is 40.5 Å². The fraction of sp³-hybridized carbons (Fsp3) is 0.696. The second kappa shape index (κ2) is 6.09. The summed E-state index contributed by atoms with van der Waals surface area (Å²) >= 11 is 0. The Morgan fingerprint density at radius 3 is 2.19 bits per heavy atom. The Hall–Kier alpha value is -1.35. The molecule has 1 aromatic rings. The zero-order valence-electron chi connectivity index (χ0n) is 16.7. The van der Waals surface area contributed by atoms with Crippen molar-refractivity contribution in [2.75, 3.05) is 6.54 Å². The smallest absolute Gasteiger partial charge is 0.226 e. The Bertz CT molecular complexity index is 687. The van der Waals surface area contributed by atoms with E-state index in [-0.39, 0.29) is 11.8 Å². The van der Waals surface area contributed by atoms with Gasteiger partial charge in [-0.3, -0.25) is 4.79 Å². The summed E-state index contributed by atoms with van der Waals surface area (Å²) in [5, 5.41) is 9.92. The van der Waals surface area contributed by atoms with E-state index in [1.54, 1.807) is 0 Å². The Labute approximate surface area is 157 Å². The molecule has 1 aliphatic heterocycles. The molecule has 0 bridgehead atoms. The number of aliphatic hydroxyl groups is 1. The molecule has 1 amide bonds. The standard InChI is InChI=1S/C23H33NO2/c1-15-9-16(2)11-19(10-15)18-5-7-23(8-6-18)14-24(17(23)3)21(25)20-12-22(4,26)13-20/h9-11,17-18,20,26H,5-8,12-14H2,1-4H3/t17-,18-,20-,22+,23-/m0/s1. The van der Waals surface area contributed by atoms with Gasteiger partial charge in [-0.1, -0.05) is 29.3 Å². The number of likely N-dealkylation sites (tertiary alicyclic amines) is 1. The van der Waals surface area contributed by atoms with Gasteiger partial charge < -0.3 is 10.0 Å². The van der Waals surface area contributed by atoms with Crippen molar-refractivity contribution in [1.82, 2.24) is 4.90 Å².